The minimum atomic E-state index is -0.129. The molecule has 1 heterocycles. The Morgan fingerprint density at radius 3 is 2.37 bits per heavy atom. The molecule has 0 saturated heterocycles. The van der Waals surface area contributed by atoms with Gasteiger partial charge in [-0.2, -0.15) is 0 Å². The van der Waals surface area contributed by atoms with Crippen molar-refractivity contribution in [2.24, 2.45) is 5.92 Å². The molecule has 1 aliphatic carbocycles. The molecule has 2 aromatic carbocycles. The van der Waals surface area contributed by atoms with Gasteiger partial charge in [0.1, 0.15) is 5.82 Å². The first-order valence-corrected chi connectivity index (χ1v) is 11.3. The third kappa shape index (κ3) is 5.40. The van der Waals surface area contributed by atoms with E-state index in [1.807, 2.05) is 12.1 Å². The van der Waals surface area contributed by atoms with Gasteiger partial charge >= 0.3 is 0 Å². The van der Waals surface area contributed by atoms with Crippen LogP contribution in [0.3, 0.4) is 0 Å². The van der Waals surface area contributed by atoms with Crippen LogP contribution >= 0.6 is 0 Å². The molecular weight excluding hydrogens is 371 g/mol. The van der Waals surface area contributed by atoms with Gasteiger partial charge in [0.05, 0.1) is 6.54 Å². The number of aryl methyl sites for hydroxylation is 1. The maximum absolute atomic E-state index is 14.2. The molecule has 158 valence electrons. The van der Waals surface area contributed by atoms with Gasteiger partial charge in [-0.05, 0) is 55.0 Å². The van der Waals surface area contributed by atoms with E-state index in [2.05, 4.69) is 59.0 Å². The molecule has 4 rings (SSSR count). The second-order valence-corrected chi connectivity index (χ2v) is 8.82. The van der Waals surface area contributed by atoms with Gasteiger partial charge < -0.3 is 4.57 Å². The number of benzene rings is 2. The summed E-state index contributed by atoms with van der Waals surface area (Å²) in [6.45, 7) is 5.78. The van der Waals surface area contributed by atoms with Crippen LogP contribution in [0.2, 0.25) is 0 Å². The van der Waals surface area contributed by atoms with Crippen molar-refractivity contribution in [2.75, 3.05) is 6.54 Å². The van der Waals surface area contributed by atoms with Crippen molar-refractivity contribution in [1.82, 2.24) is 9.47 Å². The number of nitrogens with zero attached hydrogens (tertiary/aromatic N) is 2. The number of hydrogen-bond acceptors (Lipinski definition) is 1. The molecule has 0 N–H and O–H groups in total. The lowest BCUT2D eigenvalue weighted by Crippen LogP contribution is -2.31. The lowest BCUT2D eigenvalue weighted by Gasteiger charge is -2.30. The fourth-order valence-corrected chi connectivity index (χ4v) is 4.73. The van der Waals surface area contributed by atoms with Gasteiger partial charge in [-0.25, -0.2) is 4.39 Å². The highest BCUT2D eigenvalue weighted by atomic mass is 19.1. The molecule has 0 amide bonds. The van der Waals surface area contributed by atoms with Crippen molar-refractivity contribution in [3.63, 3.8) is 0 Å². The van der Waals surface area contributed by atoms with E-state index in [-0.39, 0.29) is 5.82 Å². The standard InChI is InChI=1S/C27H33FN2/c1-22-10-5-6-13-24(22)19-29(18-23-11-3-2-4-12-23)21-26-15-9-17-30(26)20-25-14-7-8-16-27(25)28/h5-10,13-17,23H,2-4,11-12,18-21H2,1H3. The third-order valence-electron chi connectivity index (χ3n) is 6.50. The molecule has 0 aliphatic heterocycles. The van der Waals surface area contributed by atoms with E-state index in [0.29, 0.717) is 6.54 Å². The summed E-state index contributed by atoms with van der Waals surface area (Å²) in [4.78, 5) is 2.60. The maximum atomic E-state index is 14.2. The predicted octanol–water partition coefficient (Wildman–Crippen LogP) is 6.57. The van der Waals surface area contributed by atoms with E-state index >= 15 is 0 Å². The van der Waals surface area contributed by atoms with E-state index in [4.69, 9.17) is 0 Å². The van der Waals surface area contributed by atoms with Gasteiger partial charge in [0, 0.05) is 37.1 Å². The molecular formula is C27H33FN2. The van der Waals surface area contributed by atoms with Crippen LogP contribution in [0, 0.1) is 18.7 Å². The van der Waals surface area contributed by atoms with Crippen molar-refractivity contribution in [1.29, 1.82) is 0 Å². The van der Waals surface area contributed by atoms with Crippen molar-refractivity contribution in [3.05, 3.63) is 95.1 Å². The van der Waals surface area contributed by atoms with Crippen LogP contribution in [0.25, 0.3) is 0 Å². The van der Waals surface area contributed by atoms with Crippen molar-refractivity contribution < 1.29 is 4.39 Å². The SMILES string of the molecule is Cc1ccccc1CN(Cc1cccn1Cc1ccccc1F)CC1CCCCC1. The lowest BCUT2D eigenvalue weighted by molar-refractivity contribution is 0.183. The molecule has 0 atom stereocenters. The Morgan fingerprint density at radius 1 is 0.867 bits per heavy atom. The molecule has 1 aliphatic rings. The van der Waals surface area contributed by atoms with Gasteiger partial charge in [0.15, 0.2) is 0 Å². The van der Waals surface area contributed by atoms with E-state index < -0.39 is 0 Å². The highest BCUT2D eigenvalue weighted by molar-refractivity contribution is 5.25. The Kier molecular flexibility index (Phi) is 7.01. The topological polar surface area (TPSA) is 8.17 Å². The zero-order valence-electron chi connectivity index (χ0n) is 18.1. The van der Waals surface area contributed by atoms with E-state index in [0.717, 1.165) is 31.1 Å². The number of rotatable bonds is 8. The zero-order valence-corrected chi connectivity index (χ0v) is 18.1. The fraction of sp³-hybridized carbons (Fsp3) is 0.407. The summed E-state index contributed by atoms with van der Waals surface area (Å²) in [7, 11) is 0. The Morgan fingerprint density at radius 2 is 1.60 bits per heavy atom. The van der Waals surface area contributed by atoms with E-state index in [1.165, 1.54) is 48.9 Å². The number of halogens is 1. The fourth-order valence-electron chi connectivity index (χ4n) is 4.73. The van der Waals surface area contributed by atoms with Gasteiger partial charge in [0.2, 0.25) is 0 Å². The third-order valence-corrected chi connectivity index (χ3v) is 6.50. The number of hydrogen-bond donors (Lipinski definition) is 0. The average molecular weight is 405 g/mol. The van der Waals surface area contributed by atoms with Crippen molar-refractivity contribution >= 4 is 0 Å². The van der Waals surface area contributed by atoms with Crippen LogP contribution in [-0.2, 0) is 19.6 Å². The molecule has 1 fully saturated rings. The van der Waals surface area contributed by atoms with Crippen LogP contribution in [0.5, 0.6) is 0 Å². The molecule has 3 aromatic rings. The van der Waals surface area contributed by atoms with E-state index in [9.17, 15) is 4.39 Å². The van der Waals surface area contributed by atoms with Crippen LogP contribution < -0.4 is 0 Å². The second-order valence-electron chi connectivity index (χ2n) is 8.82. The van der Waals surface area contributed by atoms with Gasteiger partial charge in [0.25, 0.3) is 0 Å². The number of aromatic nitrogens is 1. The van der Waals surface area contributed by atoms with Crippen molar-refractivity contribution in [2.45, 2.75) is 58.7 Å². The highest BCUT2D eigenvalue weighted by Crippen LogP contribution is 2.26. The Labute approximate surface area is 180 Å². The molecule has 30 heavy (non-hydrogen) atoms. The van der Waals surface area contributed by atoms with E-state index in [1.54, 1.807) is 12.1 Å². The predicted molar refractivity (Wildman–Crippen MR) is 122 cm³/mol. The molecule has 1 aromatic heterocycles. The molecule has 2 nitrogen and oxygen atoms in total. The first-order valence-electron chi connectivity index (χ1n) is 11.3. The molecule has 3 heteroatoms. The molecule has 0 bridgehead atoms. The lowest BCUT2D eigenvalue weighted by atomic mass is 9.88. The maximum Gasteiger partial charge on any atom is 0.128 e. The van der Waals surface area contributed by atoms with Crippen molar-refractivity contribution in [3.8, 4) is 0 Å². The quantitative estimate of drug-likeness (QED) is 0.412. The summed E-state index contributed by atoms with van der Waals surface area (Å²) in [6, 6.07) is 20.1. The summed E-state index contributed by atoms with van der Waals surface area (Å²) in [5, 5.41) is 0. The van der Waals surface area contributed by atoms with Crippen LogP contribution in [0.15, 0.2) is 66.9 Å². The van der Waals surface area contributed by atoms with Gasteiger partial charge in [-0.1, -0.05) is 61.7 Å². The van der Waals surface area contributed by atoms with Crippen LogP contribution in [0.1, 0.15) is 54.5 Å². The minimum absolute atomic E-state index is 0.129. The Balaban J connectivity index is 1.52. The summed E-state index contributed by atoms with van der Waals surface area (Å²) in [5.74, 6) is 0.661. The van der Waals surface area contributed by atoms with Gasteiger partial charge in [-0.15, -0.1) is 0 Å². The summed E-state index contributed by atoms with van der Waals surface area (Å²) < 4.78 is 16.4. The smallest absolute Gasteiger partial charge is 0.128 e. The monoisotopic (exact) mass is 404 g/mol. The summed E-state index contributed by atoms with van der Waals surface area (Å²) in [6.07, 6.45) is 8.90. The Hall–Kier alpha value is -2.39. The molecule has 0 radical (unpaired) electrons. The normalized spacial score (nSPS) is 15.0. The molecule has 1 saturated carbocycles. The second kappa shape index (κ2) is 10.1. The molecule has 0 spiro atoms. The first kappa shape index (κ1) is 20.9. The minimum Gasteiger partial charge on any atom is -0.346 e. The first-order chi connectivity index (χ1) is 14.7. The summed E-state index contributed by atoms with van der Waals surface area (Å²) in [5.41, 5.74) is 4.75. The van der Waals surface area contributed by atoms with Crippen LogP contribution in [0.4, 0.5) is 4.39 Å². The zero-order chi connectivity index (χ0) is 20.8. The highest BCUT2D eigenvalue weighted by Gasteiger charge is 2.19. The average Bonchev–Trinajstić information content (AvgIpc) is 3.19. The molecule has 0 unspecified atom stereocenters. The van der Waals surface area contributed by atoms with Gasteiger partial charge in [-0.3, -0.25) is 4.90 Å². The van der Waals surface area contributed by atoms with Crippen LogP contribution in [-0.4, -0.2) is 16.0 Å². The summed E-state index contributed by atoms with van der Waals surface area (Å²) >= 11 is 0. The largest absolute Gasteiger partial charge is 0.346 e. The Bertz CT molecular complexity index is 939.